The maximum Gasteiger partial charge on any atom is 0.266 e. The number of para-hydroxylation sites is 2. The molecular formula is C16H15N3O4. The van der Waals surface area contributed by atoms with Crippen molar-refractivity contribution < 1.29 is 19.1 Å². The average molecular weight is 313 g/mol. The number of carbonyl (C=O) groups excluding carboxylic acids is 2. The molecule has 23 heavy (non-hydrogen) atoms. The van der Waals surface area contributed by atoms with E-state index in [9.17, 15) is 9.59 Å². The van der Waals surface area contributed by atoms with Crippen LogP contribution in [0.1, 0.15) is 6.42 Å². The highest BCUT2D eigenvalue weighted by atomic mass is 16.5. The highest BCUT2D eigenvalue weighted by Crippen LogP contribution is 2.29. The standard InChI is InChI=1S/C16H15N3O4/c1-22-15-7-6-10(9-17-15)18-14(20)8-13-16(21)19-11-4-2-3-5-12(11)23-13/h2-7,9,13H,8H2,1H3,(H,18,20)(H,19,21)/t13-/m0/s1. The number of hydrogen-bond donors (Lipinski definition) is 2. The van der Waals surface area contributed by atoms with E-state index in [1.807, 2.05) is 0 Å². The van der Waals surface area contributed by atoms with E-state index in [-0.39, 0.29) is 18.2 Å². The SMILES string of the molecule is COc1ccc(NC(=O)C[C@@H]2Oc3ccccc3NC2=O)cn1. The Kier molecular flexibility index (Phi) is 4.09. The molecule has 0 unspecified atom stereocenters. The molecule has 0 saturated carbocycles. The molecule has 1 aliphatic heterocycles. The summed E-state index contributed by atoms with van der Waals surface area (Å²) in [5.74, 6) is 0.328. The molecule has 1 aromatic carbocycles. The third-order valence-electron chi connectivity index (χ3n) is 3.31. The van der Waals surface area contributed by atoms with Crippen LogP contribution in [0.4, 0.5) is 11.4 Å². The molecule has 0 radical (unpaired) electrons. The summed E-state index contributed by atoms with van der Waals surface area (Å²) >= 11 is 0. The molecule has 2 heterocycles. The van der Waals surface area contributed by atoms with E-state index in [0.717, 1.165) is 0 Å². The van der Waals surface area contributed by atoms with Gasteiger partial charge in [0.1, 0.15) is 5.75 Å². The summed E-state index contributed by atoms with van der Waals surface area (Å²) in [6.07, 6.45) is 0.524. The quantitative estimate of drug-likeness (QED) is 0.898. The predicted molar refractivity (Wildman–Crippen MR) is 83.5 cm³/mol. The van der Waals surface area contributed by atoms with Gasteiger partial charge in [0.15, 0.2) is 6.10 Å². The van der Waals surface area contributed by atoms with E-state index >= 15 is 0 Å². The highest BCUT2D eigenvalue weighted by Gasteiger charge is 2.29. The first kappa shape index (κ1) is 14.8. The van der Waals surface area contributed by atoms with Crippen LogP contribution in [-0.4, -0.2) is 30.0 Å². The van der Waals surface area contributed by atoms with Gasteiger partial charge in [-0.05, 0) is 18.2 Å². The van der Waals surface area contributed by atoms with Gasteiger partial charge in [-0.2, -0.15) is 0 Å². The topological polar surface area (TPSA) is 89.5 Å². The highest BCUT2D eigenvalue weighted by molar-refractivity contribution is 6.01. The summed E-state index contributed by atoms with van der Waals surface area (Å²) in [6.45, 7) is 0. The zero-order valence-corrected chi connectivity index (χ0v) is 12.4. The molecule has 0 bridgehead atoms. The summed E-state index contributed by atoms with van der Waals surface area (Å²) < 4.78 is 10.5. The fourth-order valence-electron chi connectivity index (χ4n) is 2.18. The van der Waals surface area contributed by atoms with Gasteiger partial charge in [0, 0.05) is 6.07 Å². The lowest BCUT2D eigenvalue weighted by Crippen LogP contribution is -2.39. The molecule has 1 atom stereocenters. The minimum atomic E-state index is -0.865. The van der Waals surface area contributed by atoms with Crippen LogP contribution in [0.25, 0.3) is 0 Å². The van der Waals surface area contributed by atoms with Crippen molar-refractivity contribution in [3.63, 3.8) is 0 Å². The van der Waals surface area contributed by atoms with Crippen LogP contribution in [0.3, 0.4) is 0 Å². The zero-order valence-electron chi connectivity index (χ0n) is 12.4. The number of rotatable bonds is 4. The normalized spacial score (nSPS) is 15.9. The summed E-state index contributed by atoms with van der Waals surface area (Å²) in [7, 11) is 1.51. The fraction of sp³-hybridized carbons (Fsp3) is 0.188. The van der Waals surface area contributed by atoms with Gasteiger partial charge in [0.2, 0.25) is 11.8 Å². The number of anilines is 2. The van der Waals surface area contributed by atoms with Gasteiger partial charge in [-0.25, -0.2) is 4.98 Å². The van der Waals surface area contributed by atoms with E-state index in [0.29, 0.717) is 23.0 Å². The lowest BCUT2D eigenvalue weighted by Gasteiger charge is -2.25. The van der Waals surface area contributed by atoms with Crippen molar-refractivity contribution in [2.24, 2.45) is 0 Å². The molecule has 2 aromatic rings. The smallest absolute Gasteiger partial charge is 0.266 e. The van der Waals surface area contributed by atoms with Crippen LogP contribution in [0, 0.1) is 0 Å². The molecule has 0 fully saturated rings. The number of amides is 2. The molecule has 0 spiro atoms. The summed E-state index contributed by atoms with van der Waals surface area (Å²) in [6, 6.07) is 10.4. The van der Waals surface area contributed by atoms with Crippen LogP contribution in [0.2, 0.25) is 0 Å². The molecule has 3 rings (SSSR count). The number of pyridine rings is 1. The Morgan fingerprint density at radius 1 is 1.35 bits per heavy atom. The zero-order chi connectivity index (χ0) is 16.2. The minimum Gasteiger partial charge on any atom is -0.481 e. The fourth-order valence-corrected chi connectivity index (χ4v) is 2.18. The number of aromatic nitrogens is 1. The number of methoxy groups -OCH3 is 1. The number of carbonyl (C=O) groups is 2. The molecule has 7 nitrogen and oxygen atoms in total. The number of fused-ring (bicyclic) bond motifs is 1. The van der Waals surface area contributed by atoms with E-state index in [4.69, 9.17) is 9.47 Å². The van der Waals surface area contributed by atoms with E-state index < -0.39 is 6.10 Å². The first-order chi connectivity index (χ1) is 11.2. The second-order valence-electron chi connectivity index (χ2n) is 4.93. The minimum absolute atomic E-state index is 0.0911. The van der Waals surface area contributed by atoms with Crippen LogP contribution < -0.4 is 20.1 Å². The third kappa shape index (κ3) is 3.39. The van der Waals surface area contributed by atoms with E-state index in [1.165, 1.54) is 13.3 Å². The van der Waals surface area contributed by atoms with Gasteiger partial charge in [-0.1, -0.05) is 12.1 Å². The maximum absolute atomic E-state index is 12.1. The summed E-state index contributed by atoms with van der Waals surface area (Å²) in [4.78, 5) is 28.0. The van der Waals surface area contributed by atoms with Gasteiger partial charge in [0.05, 0.1) is 31.1 Å². The van der Waals surface area contributed by atoms with Crippen molar-refractivity contribution >= 4 is 23.2 Å². The predicted octanol–water partition coefficient (Wildman–Crippen LogP) is 1.82. The van der Waals surface area contributed by atoms with Crippen molar-refractivity contribution in [2.75, 3.05) is 17.7 Å². The van der Waals surface area contributed by atoms with Gasteiger partial charge < -0.3 is 20.1 Å². The van der Waals surface area contributed by atoms with Crippen LogP contribution in [-0.2, 0) is 9.59 Å². The van der Waals surface area contributed by atoms with Crippen LogP contribution in [0.5, 0.6) is 11.6 Å². The number of hydrogen-bond acceptors (Lipinski definition) is 5. The molecule has 0 aliphatic carbocycles. The number of nitrogens with zero attached hydrogens (tertiary/aromatic N) is 1. The lowest BCUT2D eigenvalue weighted by molar-refractivity contribution is -0.128. The van der Waals surface area contributed by atoms with Crippen molar-refractivity contribution in [1.82, 2.24) is 4.98 Å². The van der Waals surface area contributed by atoms with Crippen molar-refractivity contribution in [1.29, 1.82) is 0 Å². The molecule has 0 saturated heterocycles. The monoisotopic (exact) mass is 313 g/mol. The Morgan fingerprint density at radius 2 is 2.17 bits per heavy atom. The molecule has 2 N–H and O–H groups in total. The Morgan fingerprint density at radius 3 is 2.91 bits per heavy atom. The van der Waals surface area contributed by atoms with E-state index in [2.05, 4.69) is 15.6 Å². The molecular weight excluding hydrogens is 298 g/mol. The van der Waals surface area contributed by atoms with Gasteiger partial charge in [-0.15, -0.1) is 0 Å². The molecule has 7 heteroatoms. The van der Waals surface area contributed by atoms with Gasteiger partial charge in [0.25, 0.3) is 5.91 Å². The van der Waals surface area contributed by atoms with Crippen molar-refractivity contribution in [3.05, 3.63) is 42.6 Å². The van der Waals surface area contributed by atoms with E-state index in [1.54, 1.807) is 36.4 Å². The first-order valence-corrected chi connectivity index (χ1v) is 7.02. The molecule has 2 amide bonds. The second-order valence-corrected chi connectivity index (χ2v) is 4.93. The second kappa shape index (κ2) is 6.35. The molecule has 1 aliphatic rings. The first-order valence-electron chi connectivity index (χ1n) is 7.02. The third-order valence-corrected chi connectivity index (χ3v) is 3.31. The molecule has 118 valence electrons. The Balaban J connectivity index is 1.62. The van der Waals surface area contributed by atoms with Crippen molar-refractivity contribution in [2.45, 2.75) is 12.5 Å². The summed E-state index contributed by atoms with van der Waals surface area (Å²) in [5, 5.41) is 5.39. The maximum atomic E-state index is 12.1. The number of benzene rings is 1. The Hall–Kier alpha value is -3.09. The Labute approximate surface area is 132 Å². The lowest BCUT2D eigenvalue weighted by atomic mass is 10.1. The Bertz CT molecular complexity index is 730. The van der Waals surface area contributed by atoms with Crippen LogP contribution >= 0.6 is 0 Å². The largest absolute Gasteiger partial charge is 0.481 e. The van der Waals surface area contributed by atoms with Gasteiger partial charge in [-0.3, -0.25) is 9.59 Å². The summed E-state index contributed by atoms with van der Waals surface area (Å²) in [5.41, 5.74) is 1.13. The molecule has 1 aromatic heterocycles. The van der Waals surface area contributed by atoms with Gasteiger partial charge >= 0.3 is 0 Å². The number of nitrogens with one attached hydrogen (secondary N) is 2. The van der Waals surface area contributed by atoms with Crippen molar-refractivity contribution in [3.8, 4) is 11.6 Å². The van der Waals surface area contributed by atoms with Crippen LogP contribution in [0.15, 0.2) is 42.6 Å². The number of ether oxygens (including phenoxy) is 2. The average Bonchev–Trinajstić information content (AvgIpc) is 2.56.